The molecule has 0 saturated heterocycles. The summed E-state index contributed by atoms with van der Waals surface area (Å²) >= 11 is 1.20. The van der Waals surface area contributed by atoms with Crippen molar-refractivity contribution in [1.29, 1.82) is 0 Å². The van der Waals surface area contributed by atoms with Crippen LogP contribution in [0.25, 0.3) is 0 Å². The number of carbonyl (C=O) groups is 1. The van der Waals surface area contributed by atoms with Crippen molar-refractivity contribution in [2.75, 3.05) is 0 Å². The number of Topliss-reactive ketones (excluding diaryl/α,β-unsaturated/α-hetero) is 1. The molecular weight excluding hydrogens is 266 g/mol. The van der Waals surface area contributed by atoms with E-state index < -0.39 is 11.6 Å². The fourth-order valence-electron chi connectivity index (χ4n) is 2.16. The van der Waals surface area contributed by atoms with Crippen LogP contribution in [0.2, 0.25) is 0 Å². The number of ketones is 1. The summed E-state index contributed by atoms with van der Waals surface area (Å²) in [6.45, 7) is 0. The highest BCUT2D eigenvalue weighted by Crippen LogP contribution is 2.33. The van der Waals surface area contributed by atoms with Crippen LogP contribution in [0, 0.1) is 11.6 Å². The molecule has 0 heterocycles. The van der Waals surface area contributed by atoms with Gasteiger partial charge in [-0.2, -0.15) is 0 Å². The Hall–Kier alpha value is -1.68. The Bertz CT molecular complexity index is 667. The molecule has 96 valence electrons. The lowest BCUT2D eigenvalue weighted by molar-refractivity contribution is 0.0994. The fourth-order valence-corrected chi connectivity index (χ4v) is 3.02. The summed E-state index contributed by atoms with van der Waals surface area (Å²) in [4.78, 5) is 12.8. The number of hydrogen-bond acceptors (Lipinski definition) is 2. The summed E-state index contributed by atoms with van der Waals surface area (Å²) in [6.07, 6.45) is 1.33. The van der Waals surface area contributed by atoms with Gasteiger partial charge >= 0.3 is 0 Å². The Kier molecular flexibility index (Phi) is 3.11. The lowest BCUT2D eigenvalue weighted by Crippen LogP contribution is -1.91. The Morgan fingerprint density at radius 1 is 1.00 bits per heavy atom. The van der Waals surface area contributed by atoms with Crippen LogP contribution >= 0.6 is 11.8 Å². The molecule has 19 heavy (non-hydrogen) atoms. The molecule has 4 heteroatoms. The van der Waals surface area contributed by atoms with E-state index in [1.54, 1.807) is 6.07 Å². The van der Waals surface area contributed by atoms with Crippen LogP contribution in [-0.2, 0) is 6.42 Å². The number of hydrogen-bond donors (Lipinski definition) is 0. The van der Waals surface area contributed by atoms with E-state index in [0.29, 0.717) is 11.3 Å². The molecule has 2 aromatic rings. The molecular formula is C15H10F2OS. The van der Waals surface area contributed by atoms with Crippen molar-refractivity contribution in [3.8, 4) is 0 Å². The van der Waals surface area contributed by atoms with Crippen LogP contribution in [0.3, 0.4) is 0 Å². The first kappa shape index (κ1) is 12.4. The first-order valence-electron chi connectivity index (χ1n) is 5.92. The lowest BCUT2D eigenvalue weighted by atomic mass is 10.1. The summed E-state index contributed by atoms with van der Waals surface area (Å²) in [7, 11) is 0. The second kappa shape index (κ2) is 4.78. The molecule has 0 aliphatic heterocycles. The Labute approximate surface area is 113 Å². The van der Waals surface area contributed by atoms with Crippen molar-refractivity contribution in [3.63, 3.8) is 0 Å². The molecule has 0 saturated carbocycles. The molecule has 3 rings (SSSR count). The fraction of sp³-hybridized carbons (Fsp3) is 0.133. The lowest BCUT2D eigenvalue weighted by Gasteiger charge is -2.05. The summed E-state index contributed by atoms with van der Waals surface area (Å²) in [5.74, 6) is -1.04. The third-order valence-corrected chi connectivity index (χ3v) is 4.17. The van der Waals surface area contributed by atoms with E-state index in [-0.39, 0.29) is 5.78 Å². The number of carbonyl (C=O) groups excluding carboxylic acids is 1. The molecule has 0 amide bonds. The van der Waals surface area contributed by atoms with E-state index in [4.69, 9.17) is 0 Å². The second-order valence-corrected chi connectivity index (χ2v) is 5.53. The van der Waals surface area contributed by atoms with Gasteiger partial charge in [-0.1, -0.05) is 17.8 Å². The van der Waals surface area contributed by atoms with Crippen molar-refractivity contribution in [3.05, 3.63) is 59.2 Å². The van der Waals surface area contributed by atoms with Crippen LogP contribution in [0.5, 0.6) is 0 Å². The molecule has 0 unspecified atom stereocenters. The molecule has 1 aliphatic carbocycles. The van der Waals surface area contributed by atoms with Crippen molar-refractivity contribution in [1.82, 2.24) is 0 Å². The van der Waals surface area contributed by atoms with Crippen molar-refractivity contribution < 1.29 is 13.6 Å². The highest BCUT2D eigenvalue weighted by Gasteiger charge is 2.19. The Balaban J connectivity index is 1.92. The molecule has 0 radical (unpaired) electrons. The monoisotopic (exact) mass is 276 g/mol. The van der Waals surface area contributed by atoms with E-state index >= 15 is 0 Å². The number of rotatable bonds is 2. The second-order valence-electron chi connectivity index (χ2n) is 4.42. The highest BCUT2D eigenvalue weighted by molar-refractivity contribution is 7.99. The molecule has 0 aromatic heterocycles. The van der Waals surface area contributed by atoms with Crippen molar-refractivity contribution in [2.24, 2.45) is 0 Å². The van der Waals surface area contributed by atoms with Crippen LogP contribution in [-0.4, -0.2) is 5.78 Å². The summed E-state index contributed by atoms with van der Waals surface area (Å²) in [6, 6.07) is 9.06. The number of aryl methyl sites for hydroxylation is 1. The Morgan fingerprint density at radius 2 is 1.84 bits per heavy atom. The zero-order valence-electron chi connectivity index (χ0n) is 9.95. The zero-order valence-corrected chi connectivity index (χ0v) is 10.8. The highest BCUT2D eigenvalue weighted by atomic mass is 32.2. The summed E-state index contributed by atoms with van der Waals surface area (Å²) in [5, 5.41) is 0. The number of benzene rings is 2. The van der Waals surface area contributed by atoms with Gasteiger partial charge < -0.3 is 0 Å². The van der Waals surface area contributed by atoms with Crippen LogP contribution < -0.4 is 0 Å². The van der Waals surface area contributed by atoms with Gasteiger partial charge in [0.05, 0.1) is 0 Å². The topological polar surface area (TPSA) is 17.1 Å². The molecule has 0 atom stereocenters. The Morgan fingerprint density at radius 3 is 2.63 bits per heavy atom. The minimum absolute atomic E-state index is 0.136. The molecule has 0 bridgehead atoms. The summed E-state index contributed by atoms with van der Waals surface area (Å²) in [5.41, 5.74) is 1.78. The molecule has 0 fully saturated rings. The third-order valence-electron chi connectivity index (χ3n) is 3.12. The maximum Gasteiger partial charge on any atom is 0.163 e. The van der Waals surface area contributed by atoms with E-state index in [2.05, 4.69) is 0 Å². The van der Waals surface area contributed by atoms with Gasteiger partial charge in [0, 0.05) is 27.8 Å². The van der Waals surface area contributed by atoms with Crippen molar-refractivity contribution in [2.45, 2.75) is 22.6 Å². The minimum Gasteiger partial charge on any atom is -0.294 e. The van der Waals surface area contributed by atoms with Gasteiger partial charge in [0.15, 0.2) is 5.78 Å². The predicted molar refractivity (Wildman–Crippen MR) is 69.6 cm³/mol. The standard InChI is InChI=1S/C15H10F2OS/c16-10-3-6-15(13(17)7-10)19-11-4-1-9-2-5-14(18)12(9)8-11/h1,3-4,6-8H,2,5H2. The minimum atomic E-state index is -0.592. The van der Waals surface area contributed by atoms with E-state index in [9.17, 15) is 13.6 Å². The molecule has 2 aromatic carbocycles. The van der Waals surface area contributed by atoms with Gasteiger partial charge in [0.25, 0.3) is 0 Å². The van der Waals surface area contributed by atoms with Gasteiger partial charge in [0.1, 0.15) is 11.6 Å². The molecule has 1 aliphatic rings. The largest absolute Gasteiger partial charge is 0.294 e. The van der Waals surface area contributed by atoms with Gasteiger partial charge in [-0.15, -0.1) is 0 Å². The SMILES string of the molecule is O=C1CCc2ccc(Sc3ccc(F)cc3F)cc21. The van der Waals surface area contributed by atoms with E-state index in [1.807, 2.05) is 12.1 Å². The molecule has 0 spiro atoms. The zero-order chi connectivity index (χ0) is 13.4. The van der Waals surface area contributed by atoms with Crippen LogP contribution in [0.4, 0.5) is 8.78 Å². The number of fused-ring (bicyclic) bond motifs is 1. The maximum absolute atomic E-state index is 13.6. The first-order chi connectivity index (χ1) is 9.13. The van der Waals surface area contributed by atoms with Crippen LogP contribution in [0.1, 0.15) is 22.3 Å². The molecule has 1 nitrogen and oxygen atoms in total. The maximum atomic E-state index is 13.6. The van der Waals surface area contributed by atoms with Gasteiger partial charge in [-0.3, -0.25) is 4.79 Å². The van der Waals surface area contributed by atoms with Gasteiger partial charge in [-0.25, -0.2) is 8.78 Å². The molecule has 0 N–H and O–H groups in total. The van der Waals surface area contributed by atoms with E-state index in [0.717, 1.165) is 28.5 Å². The van der Waals surface area contributed by atoms with Crippen molar-refractivity contribution >= 4 is 17.5 Å². The number of halogens is 2. The summed E-state index contributed by atoms with van der Waals surface area (Å²) < 4.78 is 26.4. The van der Waals surface area contributed by atoms with Crippen LogP contribution in [0.15, 0.2) is 46.2 Å². The first-order valence-corrected chi connectivity index (χ1v) is 6.74. The van der Waals surface area contributed by atoms with Gasteiger partial charge in [0.2, 0.25) is 0 Å². The average Bonchev–Trinajstić information content (AvgIpc) is 2.75. The third kappa shape index (κ3) is 2.40. The quantitative estimate of drug-likeness (QED) is 0.816. The van der Waals surface area contributed by atoms with E-state index in [1.165, 1.54) is 23.9 Å². The smallest absolute Gasteiger partial charge is 0.163 e. The average molecular weight is 276 g/mol. The van der Waals surface area contributed by atoms with Gasteiger partial charge in [-0.05, 0) is 36.2 Å². The predicted octanol–water partition coefficient (Wildman–Crippen LogP) is 4.24. The normalized spacial score (nSPS) is 13.7.